The van der Waals surface area contributed by atoms with Crippen molar-refractivity contribution in [3.63, 3.8) is 0 Å². The van der Waals surface area contributed by atoms with Gasteiger partial charge in [0.2, 0.25) is 5.91 Å². The van der Waals surface area contributed by atoms with Crippen LogP contribution >= 0.6 is 15.9 Å². The second kappa shape index (κ2) is 8.62. The van der Waals surface area contributed by atoms with Gasteiger partial charge in [0.15, 0.2) is 5.69 Å². The molecule has 1 aliphatic heterocycles. The van der Waals surface area contributed by atoms with E-state index in [-0.39, 0.29) is 17.7 Å². The van der Waals surface area contributed by atoms with Crippen LogP contribution in [0.5, 0.6) is 0 Å². The van der Waals surface area contributed by atoms with E-state index >= 15 is 0 Å². The van der Waals surface area contributed by atoms with Gasteiger partial charge in [-0.15, -0.1) is 0 Å². The summed E-state index contributed by atoms with van der Waals surface area (Å²) in [5, 5.41) is 9.96. The summed E-state index contributed by atoms with van der Waals surface area (Å²) < 4.78 is 0.755. The minimum absolute atomic E-state index is 0.0360. The second-order valence-electron chi connectivity index (χ2n) is 6.33. The molecule has 1 saturated heterocycles. The predicted octanol–water partition coefficient (Wildman–Crippen LogP) is 1.58. The topological polar surface area (TPSA) is 81.3 Å². The molecule has 134 valence electrons. The monoisotopic (exact) mass is 399 g/mol. The zero-order valence-corrected chi connectivity index (χ0v) is 16.1. The maximum absolute atomic E-state index is 12.8. The van der Waals surface area contributed by atoms with Crippen molar-refractivity contribution in [2.75, 3.05) is 39.3 Å². The molecule has 1 aromatic heterocycles. The standard InChI is InChI=1S/C16H26BrN5O2/c1-4-18-12(23)10-21-6-5-7-22(9-8-21)16(24)15-13(17)14(11(2)3)19-20-15/h11H,4-10H2,1-3H3,(H,18,23)(H,19,20). The van der Waals surface area contributed by atoms with E-state index in [0.29, 0.717) is 38.4 Å². The van der Waals surface area contributed by atoms with E-state index in [1.165, 1.54) is 0 Å². The van der Waals surface area contributed by atoms with Crippen LogP contribution in [0.1, 0.15) is 49.3 Å². The van der Waals surface area contributed by atoms with Crippen molar-refractivity contribution in [2.45, 2.75) is 33.1 Å². The van der Waals surface area contributed by atoms with Gasteiger partial charge >= 0.3 is 0 Å². The Morgan fingerprint density at radius 1 is 1.29 bits per heavy atom. The minimum atomic E-state index is -0.0649. The molecule has 1 fully saturated rings. The first-order valence-electron chi connectivity index (χ1n) is 8.46. The van der Waals surface area contributed by atoms with Crippen LogP contribution in [0.25, 0.3) is 0 Å². The Bertz CT molecular complexity index is 587. The van der Waals surface area contributed by atoms with Crippen LogP contribution in [0, 0.1) is 0 Å². The number of aromatic amines is 1. The van der Waals surface area contributed by atoms with Gasteiger partial charge in [-0.1, -0.05) is 13.8 Å². The number of amides is 2. The zero-order valence-electron chi connectivity index (χ0n) is 14.6. The number of rotatable bonds is 5. The Hall–Kier alpha value is -1.41. The highest BCUT2D eigenvalue weighted by atomic mass is 79.9. The quantitative estimate of drug-likeness (QED) is 0.787. The van der Waals surface area contributed by atoms with E-state index in [2.05, 4.69) is 50.2 Å². The number of hydrogen-bond acceptors (Lipinski definition) is 4. The molecule has 8 heteroatoms. The lowest BCUT2D eigenvalue weighted by atomic mass is 10.1. The molecule has 2 amide bonds. The summed E-state index contributed by atoms with van der Waals surface area (Å²) in [6.07, 6.45) is 0.851. The molecule has 2 heterocycles. The molecule has 0 bridgehead atoms. The molecule has 1 aromatic rings. The second-order valence-corrected chi connectivity index (χ2v) is 7.12. The summed E-state index contributed by atoms with van der Waals surface area (Å²) in [6, 6.07) is 0. The van der Waals surface area contributed by atoms with Crippen molar-refractivity contribution in [3.05, 3.63) is 15.9 Å². The predicted molar refractivity (Wildman–Crippen MR) is 96.0 cm³/mol. The third kappa shape index (κ3) is 4.57. The van der Waals surface area contributed by atoms with Crippen LogP contribution < -0.4 is 5.32 Å². The van der Waals surface area contributed by atoms with Gasteiger partial charge < -0.3 is 10.2 Å². The van der Waals surface area contributed by atoms with Gasteiger partial charge in [-0.05, 0) is 35.2 Å². The Morgan fingerprint density at radius 3 is 2.67 bits per heavy atom. The number of nitrogens with zero attached hydrogens (tertiary/aromatic N) is 3. The lowest BCUT2D eigenvalue weighted by Crippen LogP contribution is -2.40. The maximum Gasteiger partial charge on any atom is 0.275 e. The van der Waals surface area contributed by atoms with Crippen molar-refractivity contribution >= 4 is 27.7 Å². The molecule has 0 aliphatic carbocycles. The Morgan fingerprint density at radius 2 is 2.04 bits per heavy atom. The van der Waals surface area contributed by atoms with Gasteiger partial charge in [-0.3, -0.25) is 19.6 Å². The zero-order chi connectivity index (χ0) is 17.7. The summed E-state index contributed by atoms with van der Waals surface area (Å²) in [4.78, 5) is 28.4. The van der Waals surface area contributed by atoms with Crippen LogP contribution in [-0.4, -0.2) is 71.1 Å². The summed E-state index contributed by atoms with van der Waals surface area (Å²) in [5.74, 6) is 0.240. The van der Waals surface area contributed by atoms with E-state index < -0.39 is 0 Å². The normalized spacial score (nSPS) is 16.3. The van der Waals surface area contributed by atoms with Gasteiger partial charge in [0, 0.05) is 32.7 Å². The van der Waals surface area contributed by atoms with E-state index in [1.54, 1.807) is 0 Å². The van der Waals surface area contributed by atoms with E-state index in [1.807, 2.05) is 11.8 Å². The molecule has 0 unspecified atom stereocenters. The Balaban J connectivity index is 1.98. The lowest BCUT2D eigenvalue weighted by molar-refractivity contribution is -0.122. The highest BCUT2D eigenvalue weighted by Gasteiger charge is 2.26. The average Bonchev–Trinajstić information content (AvgIpc) is 2.76. The fourth-order valence-corrected chi connectivity index (χ4v) is 3.61. The summed E-state index contributed by atoms with van der Waals surface area (Å²) in [5.41, 5.74) is 1.38. The molecular formula is C16H26BrN5O2. The summed E-state index contributed by atoms with van der Waals surface area (Å²) >= 11 is 3.50. The van der Waals surface area contributed by atoms with Gasteiger partial charge in [0.25, 0.3) is 5.91 Å². The lowest BCUT2D eigenvalue weighted by Gasteiger charge is -2.21. The number of hydrogen-bond donors (Lipinski definition) is 2. The van der Waals surface area contributed by atoms with Crippen LogP contribution in [0.4, 0.5) is 0 Å². The van der Waals surface area contributed by atoms with Crippen molar-refractivity contribution in [1.82, 2.24) is 25.3 Å². The molecule has 0 atom stereocenters. The average molecular weight is 400 g/mol. The number of aromatic nitrogens is 2. The minimum Gasteiger partial charge on any atom is -0.355 e. The fourth-order valence-electron chi connectivity index (χ4n) is 2.80. The number of nitrogens with one attached hydrogen (secondary N) is 2. The van der Waals surface area contributed by atoms with Gasteiger partial charge in [-0.2, -0.15) is 5.10 Å². The molecule has 0 spiro atoms. The van der Waals surface area contributed by atoms with Crippen molar-refractivity contribution in [1.29, 1.82) is 0 Å². The van der Waals surface area contributed by atoms with Crippen molar-refractivity contribution in [3.8, 4) is 0 Å². The highest BCUT2D eigenvalue weighted by Crippen LogP contribution is 2.26. The first-order valence-corrected chi connectivity index (χ1v) is 9.25. The molecule has 7 nitrogen and oxygen atoms in total. The Labute approximate surface area is 151 Å². The summed E-state index contributed by atoms with van der Waals surface area (Å²) in [7, 11) is 0. The molecular weight excluding hydrogens is 374 g/mol. The number of carbonyl (C=O) groups excluding carboxylic acids is 2. The fraction of sp³-hybridized carbons (Fsp3) is 0.688. The smallest absolute Gasteiger partial charge is 0.275 e. The van der Waals surface area contributed by atoms with Gasteiger partial charge in [0.1, 0.15) is 0 Å². The third-order valence-corrected chi connectivity index (χ3v) is 4.93. The largest absolute Gasteiger partial charge is 0.355 e. The first-order chi connectivity index (χ1) is 11.4. The SMILES string of the molecule is CCNC(=O)CN1CCCN(C(=O)c2n[nH]c(C(C)C)c2Br)CC1. The number of likely N-dealkylation sites (N-methyl/N-ethyl adjacent to an activating group) is 1. The van der Waals surface area contributed by atoms with Crippen LogP contribution in [-0.2, 0) is 4.79 Å². The maximum atomic E-state index is 12.8. The molecule has 2 rings (SSSR count). The number of carbonyl (C=O) groups is 2. The van der Waals surface area contributed by atoms with Gasteiger partial charge in [0.05, 0.1) is 16.7 Å². The van der Waals surface area contributed by atoms with Crippen molar-refractivity contribution in [2.24, 2.45) is 0 Å². The molecule has 0 saturated carbocycles. The van der Waals surface area contributed by atoms with E-state index in [0.717, 1.165) is 23.1 Å². The molecule has 0 aromatic carbocycles. The molecule has 2 N–H and O–H groups in total. The summed E-state index contributed by atoms with van der Waals surface area (Å²) in [6.45, 7) is 9.85. The van der Waals surface area contributed by atoms with Gasteiger partial charge in [-0.25, -0.2) is 0 Å². The molecule has 24 heavy (non-hydrogen) atoms. The highest BCUT2D eigenvalue weighted by molar-refractivity contribution is 9.10. The van der Waals surface area contributed by atoms with Crippen LogP contribution in [0.3, 0.4) is 0 Å². The Kier molecular flexibility index (Phi) is 6.79. The van der Waals surface area contributed by atoms with E-state index in [4.69, 9.17) is 0 Å². The first kappa shape index (κ1) is 18.9. The van der Waals surface area contributed by atoms with E-state index in [9.17, 15) is 9.59 Å². The van der Waals surface area contributed by atoms with Crippen molar-refractivity contribution < 1.29 is 9.59 Å². The van der Waals surface area contributed by atoms with Crippen LogP contribution in [0.2, 0.25) is 0 Å². The third-order valence-electron chi connectivity index (χ3n) is 4.13. The molecule has 0 radical (unpaired) electrons. The van der Waals surface area contributed by atoms with Crippen LogP contribution in [0.15, 0.2) is 4.47 Å². The molecule has 1 aliphatic rings. The number of H-pyrrole nitrogens is 1. The number of halogens is 1.